The van der Waals surface area contributed by atoms with Gasteiger partial charge in [-0.15, -0.1) is 6.58 Å². The summed E-state index contributed by atoms with van der Waals surface area (Å²) in [6, 6.07) is 9.87. The predicted molar refractivity (Wildman–Crippen MR) is 75.6 cm³/mol. The van der Waals surface area contributed by atoms with Gasteiger partial charge in [0.2, 0.25) is 5.91 Å². The first kappa shape index (κ1) is 12.9. The fourth-order valence-electron chi connectivity index (χ4n) is 2.66. The van der Waals surface area contributed by atoms with Crippen LogP contribution in [-0.2, 0) is 4.79 Å². The highest BCUT2D eigenvalue weighted by atomic mass is 16.2. The highest BCUT2D eigenvalue weighted by Gasteiger charge is 2.22. The number of hydrogen-bond donors (Lipinski definition) is 0. The van der Waals surface area contributed by atoms with Crippen LogP contribution in [0.4, 0.5) is 5.69 Å². The van der Waals surface area contributed by atoms with E-state index in [9.17, 15) is 4.79 Å². The number of nitrogens with zero attached hydrogens (tertiary/aromatic N) is 1. The van der Waals surface area contributed by atoms with Gasteiger partial charge >= 0.3 is 0 Å². The van der Waals surface area contributed by atoms with E-state index in [1.54, 1.807) is 6.08 Å². The van der Waals surface area contributed by atoms with Crippen LogP contribution in [0.3, 0.4) is 0 Å². The van der Waals surface area contributed by atoms with Gasteiger partial charge in [0.1, 0.15) is 0 Å². The summed E-state index contributed by atoms with van der Waals surface area (Å²) < 4.78 is 0. The summed E-state index contributed by atoms with van der Waals surface area (Å²) in [7, 11) is 0. The molecule has 0 N–H and O–H groups in total. The largest absolute Gasteiger partial charge is 0.309 e. The molecule has 0 radical (unpaired) electrons. The van der Waals surface area contributed by atoms with Crippen LogP contribution >= 0.6 is 0 Å². The van der Waals surface area contributed by atoms with Gasteiger partial charge in [-0.2, -0.15) is 0 Å². The third kappa shape index (κ3) is 3.22. The van der Waals surface area contributed by atoms with E-state index >= 15 is 0 Å². The zero-order valence-electron chi connectivity index (χ0n) is 10.8. The van der Waals surface area contributed by atoms with Gasteiger partial charge in [-0.1, -0.05) is 37.1 Å². The second kappa shape index (κ2) is 6.39. The maximum absolute atomic E-state index is 12.4. The molecule has 0 saturated heterocycles. The molecule has 2 nitrogen and oxygen atoms in total. The molecule has 2 heteroatoms. The fourth-order valence-corrected chi connectivity index (χ4v) is 2.66. The molecule has 1 aliphatic carbocycles. The molecule has 0 bridgehead atoms. The minimum atomic E-state index is 0.230. The van der Waals surface area contributed by atoms with E-state index in [-0.39, 0.29) is 5.91 Å². The summed E-state index contributed by atoms with van der Waals surface area (Å²) in [5.41, 5.74) is 0.973. The highest BCUT2D eigenvalue weighted by molar-refractivity contribution is 5.93. The smallest absolute Gasteiger partial charge is 0.227 e. The summed E-state index contributed by atoms with van der Waals surface area (Å²) in [5, 5.41) is 0. The molecule has 1 aromatic rings. The lowest BCUT2D eigenvalue weighted by Crippen LogP contribution is -2.32. The molecule has 0 spiro atoms. The first-order valence-corrected chi connectivity index (χ1v) is 6.77. The Bertz CT molecular complexity index is 393. The molecular weight excluding hydrogens is 222 g/mol. The molecule has 2 rings (SSSR count). The monoisotopic (exact) mass is 243 g/mol. The average Bonchev–Trinajstić information content (AvgIpc) is 2.89. The molecule has 1 saturated carbocycles. The van der Waals surface area contributed by atoms with Crippen molar-refractivity contribution in [2.24, 2.45) is 5.92 Å². The molecule has 0 aliphatic heterocycles. The van der Waals surface area contributed by atoms with Crippen LogP contribution in [0.15, 0.2) is 43.0 Å². The van der Waals surface area contributed by atoms with E-state index in [1.165, 1.54) is 25.7 Å². The Kier molecular flexibility index (Phi) is 4.57. The Morgan fingerprint density at radius 2 is 1.94 bits per heavy atom. The number of para-hydroxylation sites is 1. The van der Waals surface area contributed by atoms with Crippen LogP contribution in [0.5, 0.6) is 0 Å². The van der Waals surface area contributed by atoms with E-state index in [4.69, 9.17) is 0 Å². The third-order valence-electron chi connectivity index (χ3n) is 3.62. The zero-order chi connectivity index (χ0) is 12.8. The summed E-state index contributed by atoms with van der Waals surface area (Å²) in [6.45, 7) is 4.34. The van der Waals surface area contributed by atoms with E-state index < -0.39 is 0 Å². The number of hydrogen-bond acceptors (Lipinski definition) is 1. The molecule has 1 aliphatic rings. The maximum atomic E-state index is 12.4. The minimum absolute atomic E-state index is 0.230. The van der Waals surface area contributed by atoms with Gasteiger partial charge in [-0.05, 0) is 30.9 Å². The Morgan fingerprint density at radius 3 is 2.56 bits per heavy atom. The second-order valence-corrected chi connectivity index (χ2v) is 4.98. The van der Waals surface area contributed by atoms with Gasteiger partial charge in [0.15, 0.2) is 0 Å². The van der Waals surface area contributed by atoms with Crippen molar-refractivity contribution in [3.63, 3.8) is 0 Å². The normalized spacial score (nSPS) is 15.6. The second-order valence-electron chi connectivity index (χ2n) is 4.98. The van der Waals surface area contributed by atoms with E-state index in [1.807, 2.05) is 35.2 Å². The van der Waals surface area contributed by atoms with Crippen molar-refractivity contribution in [1.29, 1.82) is 0 Å². The van der Waals surface area contributed by atoms with Crippen molar-refractivity contribution in [3.05, 3.63) is 43.0 Å². The topological polar surface area (TPSA) is 20.3 Å². The standard InChI is InChI=1S/C16H21NO/c1-2-12-17(15-10-4-3-5-11-15)16(18)13-14-8-6-7-9-14/h2-5,10-11,14H,1,6-9,12-13H2. The minimum Gasteiger partial charge on any atom is -0.309 e. The van der Waals surface area contributed by atoms with Crippen LogP contribution in [-0.4, -0.2) is 12.5 Å². The molecule has 0 atom stereocenters. The lowest BCUT2D eigenvalue weighted by Gasteiger charge is -2.22. The van der Waals surface area contributed by atoms with Crippen molar-refractivity contribution in [2.45, 2.75) is 32.1 Å². The van der Waals surface area contributed by atoms with Gasteiger partial charge in [0.05, 0.1) is 0 Å². The van der Waals surface area contributed by atoms with Gasteiger partial charge in [-0.25, -0.2) is 0 Å². The lowest BCUT2D eigenvalue weighted by atomic mass is 10.0. The first-order chi connectivity index (χ1) is 8.81. The zero-order valence-corrected chi connectivity index (χ0v) is 10.8. The summed E-state index contributed by atoms with van der Waals surface area (Å²) in [5.74, 6) is 0.821. The molecule has 1 amide bonds. The Labute approximate surface area is 109 Å². The average molecular weight is 243 g/mol. The van der Waals surface area contributed by atoms with Crippen molar-refractivity contribution >= 4 is 11.6 Å². The number of rotatable bonds is 5. The molecule has 1 aromatic carbocycles. The van der Waals surface area contributed by atoms with Crippen LogP contribution in [0, 0.1) is 5.92 Å². The molecule has 0 aromatic heterocycles. The van der Waals surface area contributed by atoms with Gasteiger partial charge in [-0.3, -0.25) is 4.79 Å². The number of anilines is 1. The maximum Gasteiger partial charge on any atom is 0.227 e. The van der Waals surface area contributed by atoms with E-state index in [2.05, 4.69) is 6.58 Å². The molecule has 18 heavy (non-hydrogen) atoms. The van der Waals surface area contributed by atoms with Crippen molar-refractivity contribution in [2.75, 3.05) is 11.4 Å². The predicted octanol–water partition coefficient (Wildman–Crippen LogP) is 3.79. The number of carbonyl (C=O) groups excluding carboxylic acids is 1. The van der Waals surface area contributed by atoms with Crippen molar-refractivity contribution in [1.82, 2.24) is 0 Å². The van der Waals surface area contributed by atoms with Crippen LogP contribution in [0.1, 0.15) is 32.1 Å². The summed E-state index contributed by atoms with van der Waals surface area (Å²) in [6.07, 6.45) is 7.46. The molecule has 96 valence electrons. The Balaban J connectivity index is 2.04. The molecular formula is C16H21NO. The number of amides is 1. The molecule has 0 heterocycles. The molecule has 0 unspecified atom stereocenters. The van der Waals surface area contributed by atoms with Crippen molar-refractivity contribution < 1.29 is 4.79 Å². The molecule has 1 fully saturated rings. The van der Waals surface area contributed by atoms with Crippen LogP contribution < -0.4 is 4.90 Å². The van der Waals surface area contributed by atoms with Gasteiger partial charge < -0.3 is 4.90 Å². The number of carbonyl (C=O) groups is 1. The number of benzene rings is 1. The van der Waals surface area contributed by atoms with E-state index in [0.717, 1.165) is 5.69 Å². The SMILES string of the molecule is C=CCN(C(=O)CC1CCCC1)c1ccccc1. The van der Waals surface area contributed by atoms with Gasteiger partial charge in [0.25, 0.3) is 0 Å². The van der Waals surface area contributed by atoms with Gasteiger partial charge in [0, 0.05) is 18.7 Å². The summed E-state index contributed by atoms with van der Waals surface area (Å²) in [4.78, 5) is 14.2. The van der Waals surface area contributed by atoms with Crippen LogP contribution in [0.25, 0.3) is 0 Å². The lowest BCUT2D eigenvalue weighted by molar-refractivity contribution is -0.119. The highest BCUT2D eigenvalue weighted by Crippen LogP contribution is 2.28. The Hall–Kier alpha value is -1.57. The van der Waals surface area contributed by atoms with E-state index in [0.29, 0.717) is 18.9 Å². The quantitative estimate of drug-likeness (QED) is 0.721. The first-order valence-electron chi connectivity index (χ1n) is 6.77. The summed E-state index contributed by atoms with van der Waals surface area (Å²) >= 11 is 0. The Morgan fingerprint density at radius 1 is 1.28 bits per heavy atom. The van der Waals surface area contributed by atoms with Crippen LogP contribution in [0.2, 0.25) is 0 Å². The fraction of sp³-hybridized carbons (Fsp3) is 0.438. The van der Waals surface area contributed by atoms with Crippen molar-refractivity contribution in [3.8, 4) is 0 Å². The third-order valence-corrected chi connectivity index (χ3v) is 3.62.